The SMILES string of the molecule is CCOC(=O)N1CCN(c2c(N3CCN(c4cccc(C)c4C)CC3)c(=O)c2=O)CC1. The smallest absolute Gasteiger partial charge is 0.409 e. The molecule has 0 N–H and O–H groups in total. The maximum atomic E-state index is 12.4. The molecule has 0 radical (unpaired) electrons. The number of piperazine rings is 2. The van der Waals surface area contributed by atoms with Gasteiger partial charge in [0.2, 0.25) is 0 Å². The van der Waals surface area contributed by atoms with Crippen molar-refractivity contribution in [3.8, 4) is 0 Å². The van der Waals surface area contributed by atoms with Crippen molar-refractivity contribution in [3.05, 3.63) is 49.8 Å². The van der Waals surface area contributed by atoms with Crippen LogP contribution in [0.25, 0.3) is 0 Å². The van der Waals surface area contributed by atoms with Crippen molar-refractivity contribution in [1.29, 1.82) is 0 Å². The topological polar surface area (TPSA) is 73.4 Å². The van der Waals surface area contributed by atoms with E-state index in [9.17, 15) is 14.4 Å². The van der Waals surface area contributed by atoms with E-state index in [2.05, 4.69) is 41.8 Å². The third kappa shape index (κ3) is 3.86. The van der Waals surface area contributed by atoms with Crippen LogP contribution in [-0.4, -0.2) is 70.0 Å². The number of amides is 1. The molecule has 8 nitrogen and oxygen atoms in total. The fourth-order valence-corrected chi connectivity index (χ4v) is 4.53. The summed E-state index contributed by atoms with van der Waals surface area (Å²) in [5.74, 6) is 0. The highest BCUT2D eigenvalue weighted by Crippen LogP contribution is 2.29. The minimum absolute atomic E-state index is 0.324. The molecule has 0 unspecified atom stereocenters. The summed E-state index contributed by atoms with van der Waals surface area (Å²) in [4.78, 5) is 44.8. The third-order valence-electron chi connectivity index (χ3n) is 6.50. The lowest BCUT2D eigenvalue weighted by molar-refractivity contribution is 0.105. The van der Waals surface area contributed by atoms with E-state index < -0.39 is 5.43 Å². The first-order valence-corrected chi connectivity index (χ1v) is 11.0. The first kappa shape index (κ1) is 21.2. The molecule has 2 aromatic rings. The average molecular weight is 427 g/mol. The highest BCUT2D eigenvalue weighted by atomic mass is 16.6. The van der Waals surface area contributed by atoms with Gasteiger partial charge >= 0.3 is 6.09 Å². The molecule has 2 fully saturated rings. The van der Waals surface area contributed by atoms with Gasteiger partial charge in [0.1, 0.15) is 11.4 Å². The van der Waals surface area contributed by atoms with E-state index in [0.29, 0.717) is 57.3 Å². The zero-order valence-corrected chi connectivity index (χ0v) is 18.5. The monoisotopic (exact) mass is 426 g/mol. The van der Waals surface area contributed by atoms with Gasteiger partial charge in [-0.15, -0.1) is 0 Å². The molecule has 2 aromatic carbocycles. The Hall–Kier alpha value is -3.03. The Morgan fingerprint density at radius 1 is 0.839 bits per heavy atom. The van der Waals surface area contributed by atoms with Crippen LogP contribution in [0.4, 0.5) is 21.9 Å². The van der Waals surface area contributed by atoms with Crippen molar-refractivity contribution < 1.29 is 9.53 Å². The van der Waals surface area contributed by atoms with Gasteiger partial charge in [0.15, 0.2) is 0 Å². The van der Waals surface area contributed by atoms with E-state index in [1.807, 2.05) is 4.90 Å². The molecule has 0 bridgehead atoms. The molecule has 4 rings (SSSR count). The second-order valence-corrected chi connectivity index (χ2v) is 8.22. The summed E-state index contributed by atoms with van der Waals surface area (Å²) in [5, 5.41) is 0. The van der Waals surface area contributed by atoms with Gasteiger partial charge < -0.3 is 24.3 Å². The lowest BCUT2D eigenvalue weighted by Crippen LogP contribution is -2.56. The highest BCUT2D eigenvalue weighted by molar-refractivity contribution is 5.77. The van der Waals surface area contributed by atoms with Crippen molar-refractivity contribution in [1.82, 2.24) is 4.90 Å². The number of anilines is 3. The third-order valence-corrected chi connectivity index (χ3v) is 6.50. The number of benzene rings is 1. The summed E-state index contributed by atoms with van der Waals surface area (Å²) >= 11 is 0. The fraction of sp³-hybridized carbons (Fsp3) is 0.522. The van der Waals surface area contributed by atoms with E-state index in [4.69, 9.17) is 4.74 Å². The van der Waals surface area contributed by atoms with Crippen molar-refractivity contribution in [3.63, 3.8) is 0 Å². The van der Waals surface area contributed by atoms with Crippen LogP contribution in [0.2, 0.25) is 0 Å². The molecule has 2 saturated heterocycles. The van der Waals surface area contributed by atoms with Crippen molar-refractivity contribution in [2.75, 3.05) is 73.7 Å². The number of hydrogen-bond acceptors (Lipinski definition) is 7. The highest BCUT2D eigenvalue weighted by Gasteiger charge is 2.34. The molecule has 2 aliphatic rings. The van der Waals surface area contributed by atoms with E-state index in [0.717, 1.165) is 13.1 Å². The van der Waals surface area contributed by atoms with Gasteiger partial charge in [0.25, 0.3) is 10.9 Å². The van der Waals surface area contributed by atoms with Gasteiger partial charge in [-0.3, -0.25) is 9.59 Å². The molecular formula is C23H30N4O4. The molecule has 0 spiro atoms. The quantitative estimate of drug-likeness (QED) is 0.686. The summed E-state index contributed by atoms with van der Waals surface area (Å²) in [5.41, 5.74) is 4.07. The second kappa shape index (κ2) is 8.61. The predicted octanol–water partition coefficient (Wildman–Crippen LogP) is 1.50. The molecule has 2 heterocycles. The molecule has 0 atom stereocenters. The van der Waals surface area contributed by atoms with Crippen LogP contribution in [0.5, 0.6) is 0 Å². The van der Waals surface area contributed by atoms with Gasteiger partial charge in [-0.1, -0.05) is 12.1 Å². The predicted molar refractivity (Wildman–Crippen MR) is 123 cm³/mol. The van der Waals surface area contributed by atoms with Crippen LogP contribution in [0.3, 0.4) is 0 Å². The minimum atomic E-state index is -0.406. The Balaban J connectivity index is 1.43. The van der Waals surface area contributed by atoms with Crippen LogP contribution >= 0.6 is 0 Å². The molecule has 31 heavy (non-hydrogen) atoms. The number of rotatable bonds is 4. The fourth-order valence-electron chi connectivity index (χ4n) is 4.53. The molecule has 2 aliphatic heterocycles. The standard InChI is InChI=1S/C23H30N4O4/c1-4-31-23(30)27-14-12-26(13-15-27)20-19(21(28)22(20)29)25-10-8-24(9-11-25)18-7-5-6-16(2)17(18)3/h5-7H,4,8-15H2,1-3H3. The summed E-state index contributed by atoms with van der Waals surface area (Å²) in [7, 11) is 0. The van der Waals surface area contributed by atoms with Gasteiger partial charge in [0, 0.05) is 58.0 Å². The summed E-state index contributed by atoms with van der Waals surface area (Å²) < 4.78 is 5.06. The van der Waals surface area contributed by atoms with Gasteiger partial charge in [0.05, 0.1) is 6.61 Å². The van der Waals surface area contributed by atoms with Crippen molar-refractivity contribution in [2.45, 2.75) is 20.8 Å². The molecule has 1 amide bonds. The largest absolute Gasteiger partial charge is 0.450 e. The molecule has 8 heteroatoms. The molecular weight excluding hydrogens is 396 g/mol. The molecule has 0 saturated carbocycles. The van der Waals surface area contributed by atoms with Gasteiger partial charge in [-0.05, 0) is 38.0 Å². The normalized spacial score (nSPS) is 17.4. The van der Waals surface area contributed by atoms with Crippen LogP contribution in [0, 0.1) is 13.8 Å². The zero-order valence-electron chi connectivity index (χ0n) is 18.5. The first-order valence-electron chi connectivity index (χ1n) is 11.0. The molecule has 166 valence electrons. The first-order chi connectivity index (χ1) is 14.9. The minimum Gasteiger partial charge on any atom is -0.450 e. The maximum absolute atomic E-state index is 12.4. The summed E-state index contributed by atoms with van der Waals surface area (Å²) in [6.07, 6.45) is -0.324. The lowest BCUT2D eigenvalue weighted by Gasteiger charge is -2.41. The Bertz CT molecular complexity index is 1030. The van der Waals surface area contributed by atoms with Crippen LogP contribution in [0.15, 0.2) is 27.8 Å². The van der Waals surface area contributed by atoms with E-state index in [1.165, 1.54) is 16.8 Å². The summed E-state index contributed by atoms with van der Waals surface area (Å²) in [6.45, 7) is 11.4. The van der Waals surface area contributed by atoms with Crippen LogP contribution in [-0.2, 0) is 4.74 Å². The van der Waals surface area contributed by atoms with E-state index >= 15 is 0 Å². The number of carbonyl (C=O) groups excluding carboxylic acids is 1. The Kier molecular flexibility index (Phi) is 5.89. The number of nitrogens with zero attached hydrogens (tertiary/aromatic N) is 4. The Morgan fingerprint density at radius 2 is 1.35 bits per heavy atom. The maximum Gasteiger partial charge on any atom is 0.409 e. The summed E-state index contributed by atoms with van der Waals surface area (Å²) in [6, 6.07) is 6.34. The number of aryl methyl sites for hydroxylation is 1. The lowest BCUT2D eigenvalue weighted by atomic mass is 10.1. The van der Waals surface area contributed by atoms with E-state index in [-0.39, 0.29) is 11.5 Å². The average Bonchev–Trinajstić information content (AvgIpc) is 2.79. The zero-order chi connectivity index (χ0) is 22.1. The van der Waals surface area contributed by atoms with Gasteiger partial charge in [-0.2, -0.15) is 0 Å². The Labute approximate surface area is 182 Å². The Morgan fingerprint density at radius 3 is 1.90 bits per heavy atom. The molecule has 0 aliphatic carbocycles. The number of hydrogen-bond donors (Lipinski definition) is 0. The molecule has 0 aromatic heterocycles. The van der Waals surface area contributed by atoms with Crippen LogP contribution < -0.4 is 25.6 Å². The van der Waals surface area contributed by atoms with Gasteiger partial charge in [-0.25, -0.2) is 4.79 Å². The number of ether oxygens (including phenoxy) is 1. The van der Waals surface area contributed by atoms with E-state index in [1.54, 1.807) is 11.8 Å². The van der Waals surface area contributed by atoms with Crippen molar-refractivity contribution >= 4 is 23.2 Å². The number of carbonyl (C=O) groups is 1. The van der Waals surface area contributed by atoms with Crippen LogP contribution in [0.1, 0.15) is 18.1 Å². The van der Waals surface area contributed by atoms with Crippen molar-refractivity contribution in [2.24, 2.45) is 0 Å². The second-order valence-electron chi connectivity index (χ2n) is 8.22.